The van der Waals surface area contributed by atoms with Gasteiger partial charge in [0.2, 0.25) is 0 Å². The molecule has 1 aromatic heterocycles. The summed E-state index contributed by atoms with van der Waals surface area (Å²) in [5.41, 5.74) is 0.853. The predicted octanol–water partition coefficient (Wildman–Crippen LogP) is 0.414. The summed E-state index contributed by atoms with van der Waals surface area (Å²) in [4.78, 5) is 23.8. The SMILES string of the molecule is CC[C@@H](NC(=O)N(C)Cc1cn[nH]c1)C(=O)O. The minimum atomic E-state index is -1.03. The number of carbonyl (C=O) groups excluding carboxylic acids is 1. The molecule has 0 aliphatic carbocycles. The van der Waals surface area contributed by atoms with Crippen molar-refractivity contribution in [2.24, 2.45) is 0 Å². The Morgan fingerprint density at radius 1 is 1.65 bits per heavy atom. The summed E-state index contributed by atoms with van der Waals surface area (Å²) in [7, 11) is 1.59. The van der Waals surface area contributed by atoms with E-state index in [1.54, 1.807) is 26.4 Å². The lowest BCUT2D eigenvalue weighted by atomic mass is 10.2. The van der Waals surface area contributed by atoms with Gasteiger partial charge in [-0.05, 0) is 6.42 Å². The Morgan fingerprint density at radius 3 is 2.82 bits per heavy atom. The monoisotopic (exact) mass is 240 g/mol. The first-order chi connectivity index (χ1) is 8.04. The Labute approximate surface area is 98.8 Å². The van der Waals surface area contributed by atoms with E-state index in [-0.39, 0.29) is 0 Å². The molecule has 0 bridgehead atoms. The van der Waals surface area contributed by atoms with Crippen molar-refractivity contribution in [3.8, 4) is 0 Å². The summed E-state index contributed by atoms with van der Waals surface area (Å²) in [6, 6.07) is -1.27. The molecule has 7 heteroatoms. The Kier molecular flexibility index (Phi) is 4.50. The molecule has 0 saturated carbocycles. The maximum absolute atomic E-state index is 11.7. The van der Waals surface area contributed by atoms with E-state index in [1.807, 2.05) is 0 Å². The predicted molar refractivity (Wildman–Crippen MR) is 60.3 cm³/mol. The van der Waals surface area contributed by atoms with Crippen molar-refractivity contribution in [3.63, 3.8) is 0 Å². The van der Waals surface area contributed by atoms with Crippen molar-refractivity contribution in [2.75, 3.05) is 7.05 Å². The van der Waals surface area contributed by atoms with E-state index >= 15 is 0 Å². The highest BCUT2D eigenvalue weighted by molar-refractivity contribution is 5.82. The maximum Gasteiger partial charge on any atom is 0.326 e. The van der Waals surface area contributed by atoms with Gasteiger partial charge in [-0.25, -0.2) is 9.59 Å². The molecule has 2 amide bonds. The molecule has 0 aliphatic heterocycles. The normalized spacial score (nSPS) is 11.9. The molecule has 0 aromatic carbocycles. The van der Waals surface area contributed by atoms with Crippen LogP contribution in [0.15, 0.2) is 12.4 Å². The van der Waals surface area contributed by atoms with Gasteiger partial charge in [0.05, 0.1) is 12.7 Å². The van der Waals surface area contributed by atoms with Crippen LogP contribution in [0.3, 0.4) is 0 Å². The molecule has 0 radical (unpaired) electrons. The quantitative estimate of drug-likeness (QED) is 0.694. The lowest BCUT2D eigenvalue weighted by Crippen LogP contribution is -2.46. The molecule has 94 valence electrons. The number of urea groups is 1. The number of hydrogen-bond acceptors (Lipinski definition) is 3. The van der Waals surface area contributed by atoms with Crippen molar-refractivity contribution in [3.05, 3.63) is 18.0 Å². The summed E-state index contributed by atoms with van der Waals surface area (Å²) < 4.78 is 0. The number of carboxylic acids is 1. The highest BCUT2D eigenvalue weighted by Gasteiger charge is 2.19. The zero-order valence-corrected chi connectivity index (χ0v) is 9.80. The third kappa shape index (κ3) is 3.78. The number of hydrogen-bond donors (Lipinski definition) is 3. The molecule has 17 heavy (non-hydrogen) atoms. The van der Waals surface area contributed by atoms with Crippen molar-refractivity contribution >= 4 is 12.0 Å². The third-order valence-electron chi connectivity index (χ3n) is 2.33. The molecular weight excluding hydrogens is 224 g/mol. The van der Waals surface area contributed by atoms with Gasteiger partial charge in [-0.3, -0.25) is 5.10 Å². The summed E-state index contributed by atoms with van der Waals surface area (Å²) in [5, 5.41) is 17.7. The second kappa shape index (κ2) is 5.88. The second-order valence-electron chi connectivity index (χ2n) is 3.71. The van der Waals surface area contributed by atoms with E-state index in [0.29, 0.717) is 13.0 Å². The van der Waals surface area contributed by atoms with Crippen LogP contribution in [0.25, 0.3) is 0 Å². The molecule has 0 aliphatic rings. The van der Waals surface area contributed by atoms with Crippen LogP contribution in [-0.2, 0) is 11.3 Å². The number of carbonyl (C=O) groups is 2. The molecule has 7 nitrogen and oxygen atoms in total. The molecule has 0 unspecified atom stereocenters. The molecule has 0 spiro atoms. The zero-order valence-electron chi connectivity index (χ0n) is 9.80. The number of aromatic nitrogens is 2. The minimum Gasteiger partial charge on any atom is -0.480 e. The van der Waals surface area contributed by atoms with Gasteiger partial charge in [0.15, 0.2) is 0 Å². The maximum atomic E-state index is 11.7. The first kappa shape index (κ1) is 13.0. The largest absolute Gasteiger partial charge is 0.480 e. The molecule has 3 N–H and O–H groups in total. The van der Waals surface area contributed by atoms with E-state index in [2.05, 4.69) is 15.5 Å². The molecule has 1 atom stereocenters. The number of amides is 2. The fourth-order valence-electron chi connectivity index (χ4n) is 1.31. The van der Waals surface area contributed by atoms with Gasteiger partial charge in [0, 0.05) is 18.8 Å². The molecule has 1 aromatic rings. The molecular formula is C10H16N4O3. The van der Waals surface area contributed by atoms with Crippen LogP contribution in [0.1, 0.15) is 18.9 Å². The van der Waals surface area contributed by atoms with E-state index in [0.717, 1.165) is 5.56 Å². The highest BCUT2D eigenvalue weighted by Crippen LogP contribution is 2.01. The van der Waals surface area contributed by atoms with Gasteiger partial charge in [0.25, 0.3) is 0 Å². The Morgan fingerprint density at radius 2 is 2.35 bits per heavy atom. The van der Waals surface area contributed by atoms with Gasteiger partial charge >= 0.3 is 12.0 Å². The molecule has 0 saturated heterocycles. The number of carboxylic acid groups (broad SMARTS) is 1. The number of rotatable bonds is 5. The number of nitrogens with one attached hydrogen (secondary N) is 2. The average molecular weight is 240 g/mol. The summed E-state index contributed by atoms with van der Waals surface area (Å²) in [6.45, 7) is 2.08. The summed E-state index contributed by atoms with van der Waals surface area (Å²) in [5.74, 6) is -1.03. The van der Waals surface area contributed by atoms with E-state index in [4.69, 9.17) is 5.11 Å². The van der Waals surface area contributed by atoms with Crippen LogP contribution < -0.4 is 5.32 Å². The molecule has 0 fully saturated rings. The Bertz CT molecular complexity index is 377. The lowest BCUT2D eigenvalue weighted by molar-refractivity contribution is -0.139. The van der Waals surface area contributed by atoms with Gasteiger partial charge in [-0.15, -0.1) is 0 Å². The summed E-state index contributed by atoms with van der Waals surface area (Å²) >= 11 is 0. The van der Waals surface area contributed by atoms with Crippen LogP contribution >= 0.6 is 0 Å². The van der Waals surface area contributed by atoms with Gasteiger partial charge in [-0.2, -0.15) is 5.10 Å². The minimum absolute atomic E-state index is 0.348. The van der Waals surface area contributed by atoms with Crippen molar-refractivity contribution in [1.82, 2.24) is 20.4 Å². The van der Waals surface area contributed by atoms with Crippen LogP contribution in [0.4, 0.5) is 4.79 Å². The number of H-pyrrole nitrogens is 1. The highest BCUT2D eigenvalue weighted by atomic mass is 16.4. The van der Waals surface area contributed by atoms with Gasteiger partial charge in [0.1, 0.15) is 6.04 Å². The second-order valence-corrected chi connectivity index (χ2v) is 3.71. The first-order valence-corrected chi connectivity index (χ1v) is 5.26. The topological polar surface area (TPSA) is 98.3 Å². The fraction of sp³-hybridized carbons (Fsp3) is 0.500. The van der Waals surface area contributed by atoms with Crippen LogP contribution in [0.5, 0.6) is 0 Å². The number of aromatic amines is 1. The van der Waals surface area contributed by atoms with E-state index in [9.17, 15) is 9.59 Å². The molecule has 1 rings (SSSR count). The lowest BCUT2D eigenvalue weighted by Gasteiger charge is -2.20. The van der Waals surface area contributed by atoms with E-state index < -0.39 is 18.0 Å². The fourth-order valence-corrected chi connectivity index (χ4v) is 1.31. The van der Waals surface area contributed by atoms with Gasteiger partial charge < -0.3 is 15.3 Å². The van der Waals surface area contributed by atoms with Gasteiger partial charge in [-0.1, -0.05) is 6.92 Å². The van der Waals surface area contributed by atoms with Crippen molar-refractivity contribution in [1.29, 1.82) is 0 Å². The Hall–Kier alpha value is -2.05. The zero-order chi connectivity index (χ0) is 12.8. The third-order valence-corrected chi connectivity index (χ3v) is 2.33. The average Bonchev–Trinajstić information content (AvgIpc) is 2.77. The molecule has 1 heterocycles. The Balaban J connectivity index is 2.49. The summed E-state index contributed by atoms with van der Waals surface area (Å²) in [6.07, 6.45) is 3.64. The van der Waals surface area contributed by atoms with Crippen molar-refractivity contribution in [2.45, 2.75) is 25.9 Å². The number of aliphatic carboxylic acids is 1. The van der Waals surface area contributed by atoms with Crippen LogP contribution in [-0.4, -0.2) is 45.3 Å². The smallest absolute Gasteiger partial charge is 0.326 e. The number of nitrogens with zero attached hydrogens (tertiary/aromatic N) is 2. The van der Waals surface area contributed by atoms with Crippen molar-refractivity contribution < 1.29 is 14.7 Å². The van der Waals surface area contributed by atoms with Crippen LogP contribution in [0.2, 0.25) is 0 Å². The standard InChI is InChI=1S/C10H16N4O3/c1-3-8(9(15)16)13-10(17)14(2)6-7-4-11-12-5-7/h4-5,8H,3,6H2,1-2H3,(H,11,12)(H,13,17)(H,15,16)/t8-/m1/s1. The van der Waals surface area contributed by atoms with E-state index in [1.165, 1.54) is 4.90 Å². The van der Waals surface area contributed by atoms with Crippen LogP contribution in [0, 0.1) is 0 Å². The first-order valence-electron chi connectivity index (χ1n) is 5.26.